The first-order valence-corrected chi connectivity index (χ1v) is 12.7. The molecule has 11 heteroatoms. The van der Waals surface area contributed by atoms with Gasteiger partial charge in [-0.2, -0.15) is 13.2 Å². The fourth-order valence-corrected chi connectivity index (χ4v) is 5.59. The molecule has 1 fully saturated rings. The summed E-state index contributed by atoms with van der Waals surface area (Å²) in [5.41, 5.74) is 7.94. The van der Waals surface area contributed by atoms with Crippen molar-refractivity contribution in [1.29, 1.82) is 0 Å². The van der Waals surface area contributed by atoms with E-state index in [-0.39, 0.29) is 29.6 Å². The van der Waals surface area contributed by atoms with Crippen molar-refractivity contribution in [2.75, 3.05) is 13.7 Å². The summed E-state index contributed by atoms with van der Waals surface area (Å²) in [6.07, 6.45) is -3.65. The van der Waals surface area contributed by atoms with Crippen molar-refractivity contribution < 1.29 is 22.7 Å². The van der Waals surface area contributed by atoms with Crippen molar-refractivity contribution >= 4 is 28.0 Å². The third kappa shape index (κ3) is 4.00. The number of pyridine rings is 1. The van der Waals surface area contributed by atoms with Crippen molar-refractivity contribution in [3.8, 4) is 17.3 Å². The minimum Gasteiger partial charge on any atom is -0.494 e. The molecule has 4 heterocycles. The molecule has 0 radical (unpaired) electrons. The monoisotopic (exact) mass is 528 g/mol. The molecule has 0 unspecified atom stereocenters. The summed E-state index contributed by atoms with van der Waals surface area (Å²) in [4.78, 5) is 24.1. The van der Waals surface area contributed by atoms with Crippen LogP contribution in [-0.2, 0) is 19.8 Å². The zero-order valence-electron chi connectivity index (χ0n) is 22.0. The van der Waals surface area contributed by atoms with Gasteiger partial charge in [-0.25, -0.2) is 9.97 Å². The Hall–Kier alpha value is -3.60. The molecule has 0 saturated carbocycles. The van der Waals surface area contributed by atoms with Crippen LogP contribution in [0, 0.1) is 5.92 Å². The molecule has 0 bridgehead atoms. The molecular weight excluding hydrogens is 497 g/mol. The van der Waals surface area contributed by atoms with Gasteiger partial charge in [0.25, 0.3) is 5.91 Å². The lowest BCUT2D eigenvalue weighted by Crippen LogP contribution is -2.41. The number of hydrogen-bond donors (Lipinski definition) is 1. The Morgan fingerprint density at radius 2 is 1.92 bits per heavy atom. The van der Waals surface area contributed by atoms with Crippen LogP contribution in [-0.4, -0.2) is 55.6 Å². The molecule has 1 aromatic carbocycles. The van der Waals surface area contributed by atoms with Gasteiger partial charge in [-0.05, 0) is 50.1 Å². The second kappa shape index (κ2) is 9.30. The molecule has 3 aromatic heterocycles. The summed E-state index contributed by atoms with van der Waals surface area (Å²) in [5, 5.41) is 0.578. The van der Waals surface area contributed by atoms with Crippen molar-refractivity contribution in [3.05, 3.63) is 41.6 Å². The van der Waals surface area contributed by atoms with Gasteiger partial charge in [-0.1, -0.05) is 13.3 Å². The van der Waals surface area contributed by atoms with Crippen LogP contribution in [0.15, 0.2) is 30.3 Å². The zero-order valence-corrected chi connectivity index (χ0v) is 22.0. The second-order valence-electron chi connectivity index (χ2n) is 9.87. The summed E-state index contributed by atoms with van der Waals surface area (Å²) in [6.45, 7) is 6.87. The SMILES string of the molecule is CC[C@@H]1CN(C(=O)c2cc(OC)c3c(c2)nc(-c2cc4ccc(C(F)(F)F)nc4n2CC)n3C)[C@H](C)[C@@H]1N. The minimum absolute atomic E-state index is 0.0848. The molecule has 0 aliphatic carbocycles. The molecule has 202 valence electrons. The molecule has 8 nitrogen and oxygen atoms in total. The lowest BCUT2D eigenvalue weighted by Gasteiger charge is -2.23. The number of carbonyl (C=O) groups excluding carboxylic acids is 1. The van der Waals surface area contributed by atoms with Crippen LogP contribution in [0.5, 0.6) is 5.75 Å². The molecule has 4 aromatic rings. The number of hydrogen-bond acceptors (Lipinski definition) is 5. The van der Waals surface area contributed by atoms with Crippen molar-refractivity contribution in [2.45, 2.75) is 52.0 Å². The van der Waals surface area contributed by atoms with Crippen LogP contribution < -0.4 is 10.5 Å². The predicted octanol–water partition coefficient (Wildman–Crippen LogP) is 4.84. The molecule has 2 N–H and O–H groups in total. The number of nitrogens with zero attached hydrogens (tertiary/aromatic N) is 5. The van der Waals surface area contributed by atoms with E-state index in [9.17, 15) is 18.0 Å². The number of alkyl halides is 3. The van der Waals surface area contributed by atoms with Crippen LogP contribution in [0.1, 0.15) is 43.2 Å². The van der Waals surface area contributed by atoms with E-state index in [2.05, 4.69) is 11.9 Å². The smallest absolute Gasteiger partial charge is 0.433 e. The summed E-state index contributed by atoms with van der Waals surface area (Å²) in [6, 6.07) is 7.45. The summed E-state index contributed by atoms with van der Waals surface area (Å²) < 4.78 is 49.2. The van der Waals surface area contributed by atoms with Gasteiger partial charge in [0.05, 0.1) is 18.3 Å². The number of imidazole rings is 1. The number of fused-ring (bicyclic) bond motifs is 2. The predicted molar refractivity (Wildman–Crippen MR) is 139 cm³/mol. The number of benzene rings is 1. The van der Waals surface area contributed by atoms with Crippen LogP contribution in [0.3, 0.4) is 0 Å². The quantitative estimate of drug-likeness (QED) is 0.401. The highest BCUT2D eigenvalue weighted by Crippen LogP contribution is 2.36. The van der Waals surface area contributed by atoms with Crippen LogP contribution in [0.4, 0.5) is 13.2 Å². The maximum Gasteiger partial charge on any atom is 0.433 e. The number of carbonyl (C=O) groups is 1. The lowest BCUT2D eigenvalue weighted by molar-refractivity contribution is -0.141. The third-order valence-corrected chi connectivity index (χ3v) is 7.79. The number of aryl methyl sites for hydroxylation is 2. The average Bonchev–Trinajstić information content (AvgIpc) is 3.52. The normalized spacial score (nSPS) is 20.1. The van der Waals surface area contributed by atoms with E-state index in [0.717, 1.165) is 12.5 Å². The highest BCUT2D eigenvalue weighted by atomic mass is 19.4. The van der Waals surface area contributed by atoms with Gasteiger partial charge in [-0.15, -0.1) is 0 Å². The molecule has 1 aliphatic rings. The van der Waals surface area contributed by atoms with Gasteiger partial charge >= 0.3 is 6.18 Å². The Kier molecular flexibility index (Phi) is 6.37. The number of rotatable bonds is 5. The molecule has 1 aliphatic heterocycles. The largest absolute Gasteiger partial charge is 0.494 e. The van der Waals surface area contributed by atoms with Gasteiger partial charge in [0.15, 0.2) is 5.82 Å². The number of amides is 1. The Morgan fingerprint density at radius 3 is 2.53 bits per heavy atom. The fraction of sp³-hybridized carbons (Fsp3) is 0.444. The molecule has 3 atom stereocenters. The number of methoxy groups -OCH3 is 1. The Labute approximate surface area is 218 Å². The van der Waals surface area contributed by atoms with Gasteiger partial charge in [-0.3, -0.25) is 4.79 Å². The Morgan fingerprint density at radius 1 is 1.18 bits per heavy atom. The van der Waals surface area contributed by atoms with Gasteiger partial charge in [0.1, 0.15) is 22.6 Å². The number of halogens is 3. The average molecular weight is 529 g/mol. The number of nitrogens with two attached hydrogens (primary N) is 1. The van der Waals surface area contributed by atoms with Gasteiger partial charge < -0.3 is 24.5 Å². The van der Waals surface area contributed by atoms with E-state index in [4.69, 9.17) is 15.5 Å². The third-order valence-electron chi connectivity index (χ3n) is 7.79. The Bertz CT molecular complexity index is 1540. The van der Waals surface area contributed by atoms with E-state index in [1.165, 1.54) is 13.2 Å². The van der Waals surface area contributed by atoms with E-state index in [1.54, 1.807) is 22.8 Å². The fourth-order valence-electron chi connectivity index (χ4n) is 5.59. The van der Waals surface area contributed by atoms with Gasteiger partial charge in [0, 0.05) is 43.2 Å². The topological polar surface area (TPSA) is 91.2 Å². The summed E-state index contributed by atoms with van der Waals surface area (Å²) in [7, 11) is 3.34. The molecule has 0 spiro atoms. The highest BCUT2D eigenvalue weighted by molar-refractivity contribution is 6.00. The Balaban J connectivity index is 1.63. The van der Waals surface area contributed by atoms with Crippen LogP contribution in [0.25, 0.3) is 33.6 Å². The standard InChI is InChI=1S/C27H31F3N6O2/c1-6-15-13-36(14(3)22(15)31)26(37)17-10-18-23(20(12-17)38-5)34(4)25(32-18)19-11-16-8-9-21(27(28,29)30)33-24(16)35(19)7-2/h8-12,14-15,22H,6-7,13,31H2,1-5H3/t14-,15-,22+/m1/s1. The number of likely N-dealkylation sites (tertiary alicyclic amines) is 1. The van der Waals surface area contributed by atoms with Crippen molar-refractivity contribution in [2.24, 2.45) is 18.7 Å². The lowest BCUT2D eigenvalue weighted by atomic mass is 9.98. The first kappa shape index (κ1) is 26.0. The molecular formula is C27H31F3N6O2. The highest BCUT2D eigenvalue weighted by Gasteiger charge is 2.39. The zero-order chi connectivity index (χ0) is 27.5. The maximum atomic E-state index is 13.5. The van der Waals surface area contributed by atoms with E-state index in [0.29, 0.717) is 52.3 Å². The molecule has 1 amide bonds. The van der Waals surface area contributed by atoms with E-state index >= 15 is 0 Å². The van der Waals surface area contributed by atoms with E-state index < -0.39 is 11.9 Å². The van der Waals surface area contributed by atoms with Gasteiger partial charge in [0.2, 0.25) is 0 Å². The summed E-state index contributed by atoms with van der Waals surface area (Å²) >= 11 is 0. The first-order valence-electron chi connectivity index (χ1n) is 12.7. The van der Waals surface area contributed by atoms with Crippen LogP contribution >= 0.6 is 0 Å². The molecule has 38 heavy (non-hydrogen) atoms. The van der Waals surface area contributed by atoms with Crippen molar-refractivity contribution in [3.63, 3.8) is 0 Å². The second-order valence-corrected chi connectivity index (χ2v) is 9.87. The van der Waals surface area contributed by atoms with Crippen LogP contribution in [0.2, 0.25) is 0 Å². The first-order chi connectivity index (χ1) is 18.0. The number of aromatic nitrogens is 4. The van der Waals surface area contributed by atoms with Crippen molar-refractivity contribution in [1.82, 2.24) is 24.0 Å². The number of ether oxygens (including phenoxy) is 1. The van der Waals surface area contributed by atoms with E-state index in [1.807, 2.05) is 30.4 Å². The molecule has 5 rings (SSSR count). The summed E-state index contributed by atoms with van der Waals surface area (Å²) in [5.74, 6) is 1.11. The molecule has 1 saturated heterocycles. The maximum absolute atomic E-state index is 13.5. The minimum atomic E-state index is -4.54.